The van der Waals surface area contributed by atoms with Gasteiger partial charge >= 0.3 is 0 Å². The molecule has 10 heteroatoms. The quantitative estimate of drug-likeness (QED) is 0.557. The van der Waals surface area contributed by atoms with Gasteiger partial charge in [0.05, 0.1) is 16.7 Å². The molecule has 1 aromatic heterocycles. The van der Waals surface area contributed by atoms with Gasteiger partial charge in [-0.2, -0.15) is 4.98 Å². The number of piperidine rings is 1. The van der Waals surface area contributed by atoms with Crippen LogP contribution in [0.3, 0.4) is 0 Å². The van der Waals surface area contributed by atoms with Crippen molar-refractivity contribution in [2.24, 2.45) is 0 Å². The van der Waals surface area contributed by atoms with E-state index in [1.807, 2.05) is 0 Å². The molecule has 0 unspecified atom stereocenters. The number of rotatable bonds is 6. The minimum Gasteiger partial charge on any atom is -0.497 e. The van der Waals surface area contributed by atoms with Crippen molar-refractivity contribution < 1.29 is 27.1 Å². The smallest absolute Gasteiger partial charge is 0.274 e. The largest absolute Gasteiger partial charge is 0.497 e. The minimum absolute atomic E-state index is 0.0861. The lowest BCUT2D eigenvalue weighted by atomic mass is 10.1. The molecule has 0 saturated carbocycles. The van der Waals surface area contributed by atoms with Crippen molar-refractivity contribution in [2.75, 3.05) is 26.0 Å². The van der Waals surface area contributed by atoms with E-state index in [0.29, 0.717) is 47.1 Å². The van der Waals surface area contributed by atoms with E-state index in [1.165, 1.54) is 36.6 Å². The Hall–Kier alpha value is -2.72. The maximum absolute atomic E-state index is 13.8. The molecule has 0 N–H and O–H groups in total. The Kier molecular flexibility index (Phi) is 6.10. The van der Waals surface area contributed by atoms with Gasteiger partial charge < -0.3 is 14.4 Å². The Labute approximate surface area is 183 Å². The third-order valence-electron chi connectivity index (χ3n) is 5.14. The van der Waals surface area contributed by atoms with Crippen LogP contribution in [-0.2, 0) is 14.6 Å². The molecule has 31 heavy (non-hydrogen) atoms. The third-order valence-corrected chi connectivity index (χ3v) is 7.67. The zero-order valence-electron chi connectivity index (χ0n) is 16.8. The highest BCUT2D eigenvalue weighted by Gasteiger charge is 2.28. The summed E-state index contributed by atoms with van der Waals surface area (Å²) in [5, 5.41) is 0.395. The number of carbonyl (C=O) groups excluding carboxylic acids is 1. The van der Waals surface area contributed by atoms with Crippen LogP contribution in [0.15, 0.2) is 47.4 Å². The van der Waals surface area contributed by atoms with Gasteiger partial charge in [-0.25, -0.2) is 12.8 Å². The number of ether oxygens (including phenoxy) is 2. The van der Waals surface area contributed by atoms with Crippen molar-refractivity contribution in [3.63, 3.8) is 0 Å². The Bertz CT molecular complexity index is 1190. The van der Waals surface area contributed by atoms with E-state index in [4.69, 9.17) is 9.47 Å². The first-order chi connectivity index (χ1) is 14.9. The summed E-state index contributed by atoms with van der Waals surface area (Å²) < 4.78 is 50.5. The van der Waals surface area contributed by atoms with E-state index in [1.54, 1.807) is 29.2 Å². The van der Waals surface area contributed by atoms with Gasteiger partial charge in [-0.05, 0) is 36.4 Å². The van der Waals surface area contributed by atoms with Crippen LogP contribution in [0.2, 0.25) is 0 Å². The van der Waals surface area contributed by atoms with Crippen LogP contribution in [0, 0.1) is 5.82 Å². The number of para-hydroxylation sites is 1. The standard InChI is InChI=1S/C21H21FN2O5S2/c1-28-14-5-7-16(8-6-14)31(26,27)13-19(25)24-11-9-15(10-12-24)29-21-23-20-17(22)3-2-4-18(20)30-21/h2-8,15H,9-13H2,1H3. The lowest BCUT2D eigenvalue weighted by Gasteiger charge is -2.31. The zero-order chi connectivity index (χ0) is 22.0. The fraction of sp³-hybridized carbons (Fsp3) is 0.333. The number of methoxy groups -OCH3 is 1. The number of hydrogen-bond acceptors (Lipinski definition) is 7. The number of likely N-dealkylation sites (tertiary alicyclic amines) is 1. The van der Waals surface area contributed by atoms with Crippen molar-refractivity contribution in [1.82, 2.24) is 9.88 Å². The first-order valence-corrected chi connectivity index (χ1v) is 12.2. The molecule has 1 aliphatic rings. The third kappa shape index (κ3) is 4.80. The predicted octanol–water partition coefficient (Wildman–Crippen LogP) is 3.29. The first-order valence-electron chi connectivity index (χ1n) is 9.72. The minimum atomic E-state index is -3.74. The van der Waals surface area contributed by atoms with Crippen molar-refractivity contribution >= 4 is 37.3 Å². The molecule has 164 valence electrons. The molecule has 7 nitrogen and oxygen atoms in total. The molecule has 4 rings (SSSR count). The number of aromatic nitrogens is 1. The molecule has 1 saturated heterocycles. The monoisotopic (exact) mass is 464 g/mol. The summed E-state index contributed by atoms with van der Waals surface area (Å²) in [6.07, 6.45) is 0.935. The van der Waals surface area contributed by atoms with Gasteiger partial charge in [0.15, 0.2) is 9.84 Å². The van der Waals surface area contributed by atoms with Gasteiger partial charge in [0.25, 0.3) is 5.19 Å². The molecule has 0 radical (unpaired) electrons. The average Bonchev–Trinajstić information content (AvgIpc) is 3.18. The second-order valence-electron chi connectivity index (χ2n) is 7.20. The van der Waals surface area contributed by atoms with E-state index < -0.39 is 21.5 Å². The van der Waals surface area contributed by atoms with Gasteiger partial charge in [0.1, 0.15) is 28.9 Å². The molecule has 2 heterocycles. The normalized spacial score (nSPS) is 15.2. The van der Waals surface area contributed by atoms with Crippen molar-refractivity contribution in [1.29, 1.82) is 0 Å². The molecule has 1 amide bonds. The van der Waals surface area contributed by atoms with Gasteiger partial charge in [-0.15, -0.1) is 0 Å². The molecule has 0 bridgehead atoms. The molecule has 0 aliphatic carbocycles. The predicted molar refractivity (Wildman–Crippen MR) is 115 cm³/mol. The van der Waals surface area contributed by atoms with E-state index in [9.17, 15) is 17.6 Å². The Morgan fingerprint density at radius 1 is 1.19 bits per heavy atom. The summed E-state index contributed by atoms with van der Waals surface area (Å²) in [7, 11) is -2.24. The molecule has 1 aliphatic heterocycles. The maximum atomic E-state index is 13.8. The molecule has 0 atom stereocenters. The van der Waals surface area contributed by atoms with Crippen LogP contribution in [0.1, 0.15) is 12.8 Å². The van der Waals surface area contributed by atoms with Crippen molar-refractivity contribution in [3.05, 3.63) is 48.3 Å². The molecular weight excluding hydrogens is 443 g/mol. The van der Waals surface area contributed by atoms with Crippen molar-refractivity contribution in [3.8, 4) is 10.9 Å². The SMILES string of the molecule is COc1ccc(S(=O)(=O)CC(=O)N2CCC(Oc3nc4c(F)cccc4s3)CC2)cc1. The van der Waals surface area contributed by atoms with Crippen LogP contribution in [0.5, 0.6) is 10.9 Å². The average molecular weight is 465 g/mol. The molecule has 3 aromatic rings. The molecule has 1 fully saturated rings. The summed E-state index contributed by atoms with van der Waals surface area (Å²) in [4.78, 5) is 18.4. The fourth-order valence-electron chi connectivity index (χ4n) is 3.43. The van der Waals surface area contributed by atoms with Crippen LogP contribution < -0.4 is 9.47 Å². The second kappa shape index (κ2) is 8.80. The van der Waals surface area contributed by atoms with Gasteiger partial charge in [0, 0.05) is 25.9 Å². The molecular formula is C21H21FN2O5S2. The number of thiazole rings is 1. The van der Waals surface area contributed by atoms with E-state index in [-0.39, 0.29) is 16.8 Å². The topological polar surface area (TPSA) is 85.8 Å². The number of carbonyl (C=O) groups is 1. The highest BCUT2D eigenvalue weighted by molar-refractivity contribution is 7.92. The van der Waals surface area contributed by atoms with Gasteiger partial charge in [-0.3, -0.25) is 4.79 Å². The summed E-state index contributed by atoms with van der Waals surface area (Å²) in [5.41, 5.74) is 0.291. The first kappa shape index (κ1) is 21.5. The van der Waals surface area contributed by atoms with Crippen LogP contribution >= 0.6 is 11.3 Å². The number of sulfone groups is 1. The maximum Gasteiger partial charge on any atom is 0.274 e. The van der Waals surface area contributed by atoms with Gasteiger partial charge in [-0.1, -0.05) is 17.4 Å². The molecule has 0 spiro atoms. The Morgan fingerprint density at radius 3 is 2.55 bits per heavy atom. The second-order valence-corrected chi connectivity index (χ2v) is 10.2. The van der Waals surface area contributed by atoms with E-state index >= 15 is 0 Å². The van der Waals surface area contributed by atoms with Crippen LogP contribution in [0.4, 0.5) is 4.39 Å². The van der Waals surface area contributed by atoms with Crippen LogP contribution in [0.25, 0.3) is 10.2 Å². The number of amides is 1. The number of benzene rings is 2. The summed E-state index contributed by atoms with van der Waals surface area (Å²) in [6.45, 7) is 0.780. The van der Waals surface area contributed by atoms with E-state index in [0.717, 1.165) is 0 Å². The Balaban J connectivity index is 1.33. The fourth-order valence-corrected chi connectivity index (χ4v) is 5.55. The highest BCUT2D eigenvalue weighted by atomic mass is 32.2. The van der Waals surface area contributed by atoms with Gasteiger partial charge in [0.2, 0.25) is 5.91 Å². The lowest BCUT2D eigenvalue weighted by molar-refractivity contribution is -0.130. The van der Waals surface area contributed by atoms with Crippen LogP contribution in [-0.4, -0.2) is 56.3 Å². The molecule has 2 aromatic carbocycles. The van der Waals surface area contributed by atoms with E-state index in [2.05, 4.69) is 4.98 Å². The zero-order valence-corrected chi connectivity index (χ0v) is 18.4. The highest BCUT2D eigenvalue weighted by Crippen LogP contribution is 2.31. The number of nitrogens with zero attached hydrogens (tertiary/aromatic N) is 2. The summed E-state index contributed by atoms with van der Waals surface area (Å²) >= 11 is 1.28. The Morgan fingerprint density at radius 2 is 1.90 bits per heavy atom. The number of fused-ring (bicyclic) bond motifs is 1. The summed E-state index contributed by atoms with van der Waals surface area (Å²) in [5.74, 6) is -0.858. The van der Waals surface area contributed by atoms with Crippen molar-refractivity contribution in [2.45, 2.75) is 23.8 Å². The number of hydrogen-bond donors (Lipinski definition) is 0. The summed E-state index contributed by atoms with van der Waals surface area (Å²) in [6, 6.07) is 10.7. The lowest BCUT2D eigenvalue weighted by Crippen LogP contribution is -2.44. The number of halogens is 1.